The Morgan fingerprint density at radius 1 is 0.270 bits per heavy atom. The molecule has 74 heavy (non-hydrogen) atoms. The maximum Gasteiger partial charge on any atom is 0.306 e. The van der Waals surface area contributed by atoms with Gasteiger partial charge in [0.25, 0.3) is 0 Å². The molecule has 440 valence electrons. The minimum Gasteiger partial charge on any atom is -0.462 e. The number of esters is 3. The SMILES string of the molecule is CCCCCCCCCCCCCCCCCCC(=O)OC[C@H](COC(=O)CCCCCCCCCCCCCCCCCCCCC(C)CC)OC(=O)CCCCCCCCCCCCCCCCC(C)CC. The molecule has 0 aromatic rings. The highest BCUT2D eigenvalue weighted by molar-refractivity contribution is 5.71. The summed E-state index contributed by atoms with van der Waals surface area (Å²) in [5.74, 6) is 0.977. The molecule has 2 unspecified atom stereocenters. The van der Waals surface area contributed by atoms with E-state index in [9.17, 15) is 14.4 Å². The second kappa shape index (κ2) is 60.6. The van der Waals surface area contributed by atoms with Gasteiger partial charge in [0, 0.05) is 19.3 Å². The van der Waals surface area contributed by atoms with Gasteiger partial charge in [-0.15, -0.1) is 0 Å². The lowest BCUT2D eigenvalue weighted by molar-refractivity contribution is -0.167. The number of carbonyl (C=O) groups excluding carboxylic acids is 3. The molecule has 6 heteroatoms. The monoisotopic (exact) mass is 1050 g/mol. The molecular formula is C68H132O6. The van der Waals surface area contributed by atoms with Crippen LogP contribution in [0.1, 0.15) is 388 Å². The molecule has 0 amide bonds. The summed E-state index contributed by atoms with van der Waals surface area (Å²) in [6, 6.07) is 0. The van der Waals surface area contributed by atoms with E-state index in [4.69, 9.17) is 14.2 Å². The Bertz CT molecular complexity index is 1140. The van der Waals surface area contributed by atoms with E-state index in [2.05, 4.69) is 34.6 Å². The second-order valence-corrected chi connectivity index (χ2v) is 23.9. The van der Waals surface area contributed by atoms with Gasteiger partial charge in [-0.2, -0.15) is 0 Å². The van der Waals surface area contributed by atoms with Crippen LogP contribution in [-0.2, 0) is 28.6 Å². The first kappa shape index (κ1) is 72.4. The fraction of sp³-hybridized carbons (Fsp3) is 0.956. The van der Waals surface area contributed by atoms with Crippen LogP contribution in [0.5, 0.6) is 0 Å². The Morgan fingerprint density at radius 2 is 0.473 bits per heavy atom. The molecule has 0 radical (unpaired) electrons. The van der Waals surface area contributed by atoms with Crippen LogP contribution in [0.3, 0.4) is 0 Å². The maximum absolute atomic E-state index is 12.9. The van der Waals surface area contributed by atoms with Gasteiger partial charge in [-0.05, 0) is 31.1 Å². The molecule has 0 aliphatic carbocycles. The first-order chi connectivity index (χ1) is 36.3. The van der Waals surface area contributed by atoms with E-state index >= 15 is 0 Å². The Kier molecular flexibility index (Phi) is 59.3. The van der Waals surface area contributed by atoms with Crippen LogP contribution in [0.4, 0.5) is 0 Å². The Hall–Kier alpha value is -1.59. The molecule has 0 aliphatic rings. The van der Waals surface area contributed by atoms with Gasteiger partial charge in [-0.1, -0.05) is 349 Å². The van der Waals surface area contributed by atoms with E-state index in [0.29, 0.717) is 19.3 Å². The second-order valence-electron chi connectivity index (χ2n) is 23.9. The summed E-state index contributed by atoms with van der Waals surface area (Å²) >= 11 is 0. The summed E-state index contributed by atoms with van der Waals surface area (Å²) in [5.41, 5.74) is 0. The van der Waals surface area contributed by atoms with E-state index in [1.165, 1.54) is 276 Å². The van der Waals surface area contributed by atoms with Gasteiger partial charge in [-0.25, -0.2) is 0 Å². The summed E-state index contributed by atoms with van der Waals surface area (Å²) in [4.78, 5) is 38.4. The zero-order chi connectivity index (χ0) is 53.9. The van der Waals surface area contributed by atoms with Crippen molar-refractivity contribution in [3.8, 4) is 0 Å². The highest BCUT2D eigenvalue weighted by Crippen LogP contribution is 2.20. The molecule has 0 saturated carbocycles. The standard InChI is InChI=1S/C68H132O6/c1-6-9-10-11-12-13-14-15-16-22-28-33-38-43-48-53-58-66(69)72-61-65(74-68(71)60-55-50-45-40-35-30-25-24-27-32-37-42-47-52-57-64(5)8-3)62-73-67(70)59-54-49-44-39-34-29-23-20-18-17-19-21-26-31-36-41-46-51-56-63(4)7-2/h63-65H,6-62H2,1-5H3/t63?,64?,65-/m1/s1. The van der Waals surface area contributed by atoms with Crippen molar-refractivity contribution in [2.75, 3.05) is 13.2 Å². The number of rotatable bonds is 62. The number of hydrogen-bond donors (Lipinski definition) is 0. The van der Waals surface area contributed by atoms with Gasteiger partial charge >= 0.3 is 17.9 Å². The average Bonchev–Trinajstić information content (AvgIpc) is 3.40. The van der Waals surface area contributed by atoms with Gasteiger partial charge in [0.05, 0.1) is 0 Å². The fourth-order valence-corrected chi connectivity index (χ4v) is 10.6. The molecule has 0 aromatic carbocycles. The molecule has 0 fully saturated rings. The minimum absolute atomic E-state index is 0.0615. The van der Waals surface area contributed by atoms with E-state index in [1.54, 1.807) is 0 Å². The summed E-state index contributed by atoms with van der Waals surface area (Å²) < 4.78 is 17.0. The van der Waals surface area contributed by atoms with Gasteiger partial charge in [0.2, 0.25) is 0 Å². The van der Waals surface area contributed by atoms with Crippen molar-refractivity contribution in [1.82, 2.24) is 0 Å². The molecule has 3 atom stereocenters. The Balaban J connectivity index is 4.27. The molecule has 0 rings (SSSR count). The van der Waals surface area contributed by atoms with E-state index < -0.39 is 6.10 Å². The quantitative estimate of drug-likeness (QED) is 0.0343. The minimum atomic E-state index is -0.764. The van der Waals surface area contributed by atoms with Crippen molar-refractivity contribution in [2.45, 2.75) is 394 Å². The third-order valence-corrected chi connectivity index (χ3v) is 16.4. The fourth-order valence-electron chi connectivity index (χ4n) is 10.6. The molecule has 0 aliphatic heterocycles. The highest BCUT2D eigenvalue weighted by atomic mass is 16.6. The molecule has 0 aromatic heterocycles. The van der Waals surface area contributed by atoms with E-state index in [0.717, 1.165) is 69.6 Å². The van der Waals surface area contributed by atoms with E-state index in [1.807, 2.05) is 0 Å². The number of unbranched alkanes of at least 4 members (excludes halogenated alkanes) is 45. The van der Waals surface area contributed by atoms with Crippen LogP contribution in [0.2, 0.25) is 0 Å². The largest absolute Gasteiger partial charge is 0.462 e. The van der Waals surface area contributed by atoms with E-state index in [-0.39, 0.29) is 31.1 Å². The number of hydrogen-bond acceptors (Lipinski definition) is 6. The van der Waals surface area contributed by atoms with Crippen LogP contribution in [0.25, 0.3) is 0 Å². The molecule has 0 N–H and O–H groups in total. The topological polar surface area (TPSA) is 78.9 Å². The van der Waals surface area contributed by atoms with Crippen molar-refractivity contribution in [3.63, 3.8) is 0 Å². The summed E-state index contributed by atoms with van der Waals surface area (Å²) in [6.45, 7) is 11.5. The first-order valence-electron chi connectivity index (χ1n) is 33.8. The predicted molar refractivity (Wildman–Crippen MR) is 321 cm³/mol. The highest BCUT2D eigenvalue weighted by Gasteiger charge is 2.20. The zero-order valence-electron chi connectivity index (χ0n) is 51.0. The van der Waals surface area contributed by atoms with Crippen molar-refractivity contribution in [1.29, 1.82) is 0 Å². The van der Waals surface area contributed by atoms with Crippen LogP contribution >= 0.6 is 0 Å². The Labute approximate surface area is 463 Å². The Morgan fingerprint density at radius 3 is 0.703 bits per heavy atom. The number of ether oxygens (including phenoxy) is 3. The summed E-state index contributed by atoms with van der Waals surface area (Å²) in [7, 11) is 0. The lowest BCUT2D eigenvalue weighted by atomic mass is 9.99. The summed E-state index contributed by atoms with van der Waals surface area (Å²) in [6.07, 6.45) is 68.1. The van der Waals surface area contributed by atoms with Gasteiger partial charge < -0.3 is 14.2 Å². The maximum atomic E-state index is 12.9. The first-order valence-corrected chi connectivity index (χ1v) is 33.8. The molecule has 6 nitrogen and oxygen atoms in total. The van der Waals surface area contributed by atoms with Crippen LogP contribution in [0.15, 0.2) is 0 Å². The molecular weight excluding hydrogens is 913 g/mol. The summed E-state index contributed by atoms with van der Waals surface area (Å²) in [5, 5.41) is 0. The van der Waals surface area contributed by atoms with Crippen LogP contribution in [-0.4, -0.2) is 37.2 Å². The lowest BCUT2D eigenvalue weighted by Crippen LogP contribution is -2.30. The average molecular weight is 1050 g/mol. The van der Waals surface area contributed by atoms with Crippen molar-refractivity contribution in [2.24, 2.45) is 11.8 Å². The predicted octanol–water partition coefficient (Wildman–Crippen LogP) is 22.8. The van der Waals surface area contributed by atoms with Crippen molar-refractivity contribution in [3.05, 3.63) is 0 Å². The molecule has 0 spiro atoms. The third-order valence-electron chi connectivity index (χ3n) is 16.4. The molecule has 0 heterocycles. The molecule has 0 saturated heterocycles. The number of carbonyl (C=O) groups is 3. The van der Waals surface area contributed by atoms with Crippen molar-refractivity contribution >= 4 is 17.9 Å². The van der Waals surface area contributed by atoms with Gasteiger partial charge in [-0.3, -0.25) is 14.4 Å². The van der Waals surface area contributed by atoms with Crippen LogP contribution in [0, 0.1) is 11.8 Å². The van der Waals surface area contributed by atoms with Gasteiger partial charge in [0.15, 0.2) is 6.10 Å². The normalized spacial score (nSPS) is 12.8. The lowest BCUT2D eigenvalue weighted by Gasteiger charge is -2.18. The molecule has 0 bridgehead atoms. The smallest absolute Gasteiger partial charge is 0.306 e. The zero-order valence-corrected chi connectivity index (χ0v) is 51.0. The van der Waals surface area contributed by atoms with Crippen molar-refractivity contribution < 1.29 is 28.6 Å². The van der Waals surface area contributed by atoms with Gasteiger partial charge in [0.1, 0.15) is 13.2 Å². The third kappa shape index (κ3) is 58.1. The van der Waals surface area contributed by atoms with Crippen LogP contribution < -0.4 is 0 Å².